The lowest BCUT2D eigenvalue weighted by Gasteiger charge is -2.04. The van der Waals surface area contributed by atoms with Gasteiger partial charge in [0.25, 0.3) is 0 Å². The number of rotatable bonds is 1. The number of ether oxygens (including phenoxy) is 1. The summed E-state index contributed by atoms with van der Waals surface area (Å²) in [6, 6.07) is 2.12. The standard InChI is InChI=1S/C8H7ClFNO2/c1-13-8(12)4-2-5(9)6(10)3-7(4)11/h2-3H,11H2,1H3. The number of benzene rings is 1. The van der Waals surface area contributed by atoms with Crippen molar-refractivity contribution in [1.29, 1.82) is 0 Å². The molecule has 0 aliphatic rings. The van der Waals surface area contributed by atoms with Gasteiger partial charge >= 0.3 is 5.97 Å². The van der Waals surface area contributed by atoms with E-state index in [1.54, 1.807) is 0 Å². The summed E-state index contributed by atoms with van der Waals surface area (Å²) in [5.41, 5.74) is 5.44. The first-order valence-electron chi connectivity index (χ1n) is 3.39. The van der Waals surface area contributed by atoms with E-state index in [1.807, 2.05) is 0 Å². The minimum atomic E-state index is -0.660. The Hall–Kier alpha value is -1.29. The largest absolute Gasteiger partial charge is 0.465 e. The molecule has 13 heavy (non-hydrogen) atoms. The number of nitrogens with two attached hydrogens (primary N) is 1. The molecule has 0 fully saturated rings. The number of carbonyl (C=O) groups is 1. The molecule has 0 saturated carbocycles. The van der Waals surface area contributed by atoms with Gasteiger partial charge in [-0.2, -0.15) is 0 Å². The van der Waals surface area contributed by atoms with Crippen LogP contribution < -0.4 is 5.73 Å². The minimum Gasteiger partial charge on any atom is -0.465 e. The second-order valence-electron chi connectivity index (χ2n) is 2.35. The van der Waals surface area contributed by atoms with E-state index in [9.17, 15) is 9.18 Å². The van der Waals surface area contributed by atoms with Crippen LogP contribution in [-0.2, 0) is 4.74 Å². The van der Waals surface area contributed by atoms with Gasteiger partial charge in [0.05, 0.1) is 17.7 Å². The number of methoxy groups -OCH3 is 1. The van der Waals surface area contributed by atoms with Gasteiger partial charge in [0.15, 0.2) is 0 Å². The quantitative estimate of drug-likeness (QED) is 0.560. The number of halogens is 2. The highest BCUT2D eigenvalue weighted by molar-refractivity contribution is 6.31. The van der Waals surface area contributed by atoms with Crippen LogP contribution in [0.4, 0.5) is 10.1 Å². The average Bonchev–Trinajstić information content (AvgIpc) is 2.10. The summed E-state index contributed by atoms with van der Waals surface area (Å²) in [5, 5.41) is -0.158. The number of anilines is 1. The van der Waals surface area contributed by atoms with Gasteiger partial charge in [-0.1, -0.05) is 11.6 Å². The molecule has 5 heteroatoms. The van der Waals surface area contributed by atoms with E-state index in [-0.39, 0.29) is 16.3 Å². The highest BCUT2D eigenvalue weighted by Crippen LogP contribution is 2.22. The van der Waals surface area contributed by atoms with E-state index < -0.39 is 11.8 Å². The third kappa shape index (κ3) is 1.89. The van der Waals surface area contributed by atoms with E-state index in [2.05, 4.69) is 4.74 Å². The van der Waals surface area contributed by atoms with E-state index in [1.165, 1.54) is 7.11 Å². The molecule has 0 amide bonds. The van der Waals surface area contributed by atoms with Crippen LogP contribution in [0.2, 0.25) is 5.02 Å². The Morgan fingerprint density at radius 3 is 2.77 bits per heavy atom. The Kier molecular flexibility index (Phi) is 2.72. The first kappa shape index (κ1) is 9.80. The van der Waals surface area contributed by atoms with Crippen molar-refractivity contribution in [2.45, 2.75) is 0 Å². The molecule has 0 aliphatic heterocycles. The summed E-state index contributed by atoms with van der Waals surface area (Å²) < 4.78 is 17.2. The lowest BCUT2D eigenvalue weighted by Crippen LogP contribution is -2.06. The fourth-order valence-electron chi connectivity index (χ4n) is 0.849. The van der Waals surface area contributed by atoms with Crippen LogP contribution in [-0.4, -0.2) is 13.1 Å². The second kappa shape index (κ2) is 3.62. The van der Waals surface area contributed by atoms with Crippen molar-refractivity contribution < 1.29 is 13.9 Å². The summed E-state index contributed by atoms with van der Waals surface area (Å²) in [6.45, 7) is 0. The van der Waals surface area contributed by atoms with Gasteiger partial charge in [0, 0.05) is 5.69 Å². The minimum absolute atomic E-state index is 0.00810. The zero-order valence-corrected chi connectivity index (χ0v) is 7.56. The van der Waals surface area contributed by atoms with Crippen LogP contribution in [0.15, 0.2) is 12.1 Å². The Morgan fingerprint density at radius 2 is 2.23 bits per heavy atom. The summed E-state index contributed by atoms with van der Waals surface area (Å²) in [7, 11) is 1.21. The molecule has 0 aromatic heterocycles. The molecule has 0 saturated heterocycles. The Bertz CT molecular complexity index is 354. The monoisotopic (exact) mass is 203 g/mol. The van der Waals surface area contributed by atoms with Crippen LogP contribution in [0.1, 0.15) is 10.4 Å². The van der Waals surface area contributed by atoms with Crippen molar-refractivity contribution in [2.24, 2.45) is 0 Å². The molecule has 0 heterocycles. The second-order valence-corrected chi connectivity index (χ2v) is 2.75. The number of hydrogen-bond acceptors (Lipinski definition) is 3. The summed E-state index contributed by atoms with van der Waals surface area (Å²) in [5.74, 6) is -1.30. The van der Waals surface area contributed by atoms with Crippen LogP contribution in [0.3, 0.4) is 0 Å². The molecule has 1 rings (SSSR count). The van der Waals surface area contributed by atoms with E-state index in [0.717, 1.165) is 12.1 Å². The lowest BCUT2D eigenvalue weighted by molar-refractivity contribution is 0.0602. The van der Waals surface area contributed by atoms with Crippen molar-refractivity contribution in [1.82, 2.24) is 0 Å². The van der Waals surface area contributed by atoms with Gasteiger partial charge in [0.2, 0.25) is 0 Å². The number of esters is 1. The van der Waals surface area contributed by atoms with Crippen molar-refractivity contribution in [3.63, 3.8) is 0 Å². The van der Waals surface area contributed by atoms with Gasteiger partial charge < -0.3 is 10.5 Å². The molecule has 0 atom stereocenters. The first-order valence-corrected chi connectivity index (χ1v) is 3.77. The Labute approximate surface area is 79.2 Å². The lowest BCUT2D eigenvalue weighted by atomic mass is 10.2. The van der Waals surface area contributed by atoms with Gasteiger partial charge in [-0.15, -0.1) is 0 Å². The van der Waals surface area contributed by atoms with Gasteiger partial charge in [-0.25, -0.2) is 9.18 Å². The average molecular weight is 204 g/mol. The zero-order chi connectivity index (χ0) is 10.0. The molecule has 0 aliphatic carbocycles. The van der Waals surface area contributed by atoms with Gasteiger partial charge in [-0.3, -0.25) is 0 Å². The topological polar surface area (TPSA) is 52.3 Å². The first-order chi connectivity index (χ1) is 6.06. The predicted octanol–water partition coefficient (Wildman–Crippen LogP) is 1.85. The van der Waals surface area contributed by atoms with Gasteiger partial charge in [-0.05, 0) is 12.1 Å². The Morgan fingerprint density at radius 1 is 1.62 bits per heavy atom. The third-order valence-corrected chi connectivity index (χ3v) is 1.79. The van der Waals surface area contributed by atoms with Gasteiger partial charge in [0.1, 0.15) is 5.82 Å². The predicted molar refractivity (Wildman–Crippen MR) is 47.2 cm³/mol. The van der Waals surface area contributed by atoms with Crippen molar-refractivity contribution in [3.8, 4) is 0 Å². The summed E-state index contributed by atoms with van der Waals surface area (Å²) >= 11 is 5.45. The molecule has 70 valence electrons. The highest BCUT2D eigenvalue weighted by atomic mass is 35.5. The maximum Gasteiger partial charge on any atom is 0.340 e. The van der Waals surface area contributed by atoms with Crippen LogP contribution in [0.5, 0.6) is 0 Å². The van der Waals surface area contributed by atoms with Crippen LogP contribution >= 0.6 is 11.6 Å². The summed E-state index contributed by atoms with van der Waals surface area (Å²) in [6.07, 6.45) is 0. The molecular weight excluding hydrogens is 197 g/mol. The smallest absolute Gasteiger partial charge is 0.340 e. The van der Waals surface area contributed by atoms with E-state index >= 15 is 0 Å². The molecule has 1 aromatic rings. The molecule has 0 spiro atoms. The van der Waals surface area contributed by atoms with Crippen LogP contribution in [0.25, 0.3) is 0 Å². The van der Waals surface area contributed by atoms with Crippen LogP contribution in [0, 0.1) is 5.82 Å². The fourth-order valence-corrected chi connectivity index (χ4v) is 1.01. The van der Waals surface area contributed by atoms with E-state index in [0.29, 0.717) is 0 Å². The maximum atomic E-state index is 12.8. The number of hydrogen-bond donors (Lipinski definition) is 1. The summed E-state index contributed by atoms with van der Waals surface area (Å²) in [4.78, 5) is 11.0. The third-order valence-electron chi connectivity index (χ3n) is 1.50. The van der Waals surface area contributed by atoms with Crippen molar-refractivity contribution in [2.75, 3.05) is 12.8 Å². The normalized spacial score (nSPS) is 9.77. The van der Waals surface area contributed by atoms with Crippen molar-refractivity contribution in [3.05, 3.63) is 28.5 Å². The molecule has 1 aromatic carbocycles. The SMILES string of the molecule is COC(=O)c1cc(Cl)c(F)cc1N. The molecular formula is C8H7ClFNO2. The number of nitrogen functional groups attached to an aromatic ring is 1. The highest BCUT2D eigenvalue weighted by Gasteiger charge is 2.13. The molecule has 2 N–H and O–H groups in total. The molecule has 0 radical (unpaired) electrons. The molecule has 3 nitrogen and oxygen atoms in total. The zero-order valence-electron chi connectivity index (χ0n) is 6.80. The fraction of sp³-hybridized carbons (Fsp3) is 0.125. The maximum absolute atomic E-state index is 12.8. The van der Waals surface area contributed by atoms with E-state index in [4.69, 9.17) is 17.3 Å². The Balaban J connectivity index is 3.23. The molecule has 0 unspecified atom stereocenters. The molecule has 0 bridgehead atoms. The van der Waals surface area contributed by atoms with Crippen molar-refractivity contribution >= 4 is 23.3 Å². The number of carbonyl (C=O) groups excluding carboxylic acids is 1.